The first-order valence-electron chi connectivity index (χ1n) is 3.82. The summed E-state index contributed by atoms with van der Waals surface area (Å²) in [4.78, 5) is 12.7. The Morgan fingerprint density at radius 2 is 2.14 bits per heavy atom. The summed E-state index contributed by atoms with van der Waals surface area (Å²) in [6.45, 7) is 0.208. The van der Waals surface area contributed by atoms with Crippen molar-refractivity contribution >= 4 is 40.9 Å². The first-order valence-corrected chi connectivity index (χ1v) is 4.96. The van der Waals surface area contributed by atoms with Crippen LogP contribution in [0.5, 0.6) is 0 Å². The third kappa shape index (κ3) is 4.22. The summed E-state index contributed by atoms with van der Waals surface area (Å²) in [5.74, 6) is 0. The van der Waals surface area contributed by atoms with Gasteiger partial charge in [0.2, 0.25) is 3.79 Å². The maximum absolute atomic E-state index is 11.3. The Bertz CT molecular complexity index is 270. The van der Waals surface area contributed by atoms with E-state index in [2.05, 4.69) is 0 Å². The Kier molecular flexibility index (Phi) is 4.11. The fraction of sp³-hybridized carbons (Fsp3) is 0.375. The van der Waals surface area contributed by atoms with Gasteiger partial charge in [0.25, 0.3) is 0 Å². The lowest BCUT2D eigenvalue weighted by atomic mass is 10.4. The first-order chi connectivity index (χ1) is 6.49. The molecule has 0 aromatic carbocycles. The second kappa shape index (κ2) is 4.91. The van der Waals surface area contributed by atoms with E-state index in [0.29, 0.717) is 6.54 Å². The van der Waals surface area contributed by atoms with Crippen LogP contribution >= 0.6 is 34.8 Å². The van der Waals surface area contributed by atoms with Gasteiger partial charge in [0.15, 0.2) is 0 Å². The highest BCUT2D eigenvalue weighted by Crippen LogP contribution is 2.26. The fourth-order valence-corrected chi connectivity index (χ4v) is 0.993. The first kappa shape index (κ1) is 11.7. The normalized spacial score (nSPS) is 15.8. The van der Waals surface area contributed by atoms with Crippen molar-refractivity contribution < 1.29 is 9.53 Å². The van der Waals surface area contributed by atoms with E-state index in [1.807, 2.05) is 12.2 Å². The van der Waals surface area contributed by atoms with Crippen LogP contribution in [-0.2, 0) is 4.74 Å². The molecule has 1 aliphatic rings. The smallest absolute Gasteiger partial charge is 0.414 e. The van der Waals surface area contributed by atoms with Gasteiger partial charge in [0, 0.05) is 12.7 Å². The number of nitrogens with zero attached hydrogens (tertiary/aromatic N) is 1. The lowest BCUT2D eigenvalue weighted by Crippen LogP contribution is -2.30. The van der Waals surface area contributed by atoms with Crippen LogP contribution in [0, 0.1) is 0 Å². The van der Waals surface area contributed by atoms with Gasteiger partial charge in [-0.2, -0.15) is 0 Å². The molecule has 3 nitrogen and oxygen atoms in total. The second-order valence-electron chi connectivity index (χ2n) is 2.59. The number of alkyl halides is 3. The Hall–Kier alpha value is -0.380. The maximum Gasteiger partial charge on any atom is 0.414 e. The monoisotopic (exact) mass is 255 g/mol. The number of carbonyl (C=O) groups is 1. The standard InChI is InChI=1S/C8H8Cl3NO2/c9-8(10,11)6-14-7(13)12-4-2-1-3-5-12/h1-4H,5-6H2. The molecular formula is C8H8Cl3NO2. The highest BCUT2D eigenvalue weighted by molar-refractivity contribution is 6.67. The zero-order valence-electron chi connectivity index (χ0n) is 7.12. The van der Waals surface area contributed by atoms with Crippen molar-refractivity contribution in [2.75, 3.05) is 13.2 Å². The van der Waals surface area contributed by atoms with Gasteiger partial charge in [0.05, 0.1) is 0 Å². The number of amides is 1. The topological polar surface area (TPSA) is 29.5 Å². The summed E-state index contributed by atoms with van der Waals surface area (Å²) >= 11 is 16.3. The molecule has 14 heavy (non-hydrogen) atoms. The molecule has 1 rings (SSSR count). The summed E-state index contributed by atoms with van der Waals surface area (Å²) in [7, 11) is 0. The zero-order chi connectivity index (χ0) is 10.6. The van der Waals surface area contributed by atoms with Crippen LogP contribution in [0.2, 0.25) is 0 Å². The molecule has 1 heterocycles. The summed E-state index contributed by atoms with van der Waals surface area (Å²) in [6, 6.07) is 0. The van der Waals surface area contributed by atoms with E-state index in [-0.39, 0.29) is 6.61 Å². The molecule has 0 N–H and O–H groups in total. The predicted molar refractivity (Wildman–Crippen MR) is 56.6 cm³/mol. The van der Waals surface area contributed by atoms with Crippen LogP contribution in [0.15, 0.2) is 24.4 Å². The Labute approximate surface area is 96.9 Å². The van der Waals surface area contributed by atoms with Gasteiger partial charge in [-0.05, 0) is 6.08 Å². The molecule has 0 aromatic rings. The number of hydrogen-bond donors (Lipinski definition) is 0. The Balaban J connectivity index is 2.36. The quantitative estimate of drug-likeness (QED) is 0.675. The highest BCUT2D eigenvalue weighted by Gasteiger charge is 2.23. The van der Waals surface area contributed by atoms with E-state index >= 15 is 0 Å². The average Bonchev–Trinajstić information content (AvgIpc) is 2.14. The molecule has 0 saturated heterocycles. The van der Waals surface area contributed by atoms with Crippen molar-refractivity contribution in [3.63, 3.8) is 0 Å². The fourth-order valence-electron chi connectivity index (χ4n) is 0.829. The molecule has 0 spiro atoms. The van der Waals surface area contributed by atoms with E-state index in [4.69, 9.17) is 39.5 Å². The molecule has 0 bridgehead atoms. The molecule has 0 aromatic heterocycles. The molecule has 78 valence electrons. The Morgan fingerprint density at radius 3 is 2.64 bits per heavy atom. The SMILES string of the molecule is O=C(OCC(Cl)(Cl)Cl)N1C=CC=CC1. The van der Waals surface area contributed by atoms with E-state index in [1.165, 1.54) is 4.90 Å². The van der Waals surface area contributed by atoms with Crippen molar-refractivity contribution in [1.82, 2.24) is 4.90 Å². The van der Waals surface area contributed by atoms with Crippen LogP contribution in [-0.4, -0.2) is 27.9 Å². The molecule has 0 unspecified atom stereocenters. The molecule has 1 amide bonds. The van der Waals surface area contributed by atoms with Gasteiger partial charge in [-0.1, -0.05) is 47.0 Å². The minimum absolute atomic E-state index is 0.259. The van der Waals surface area contributed by atoms with Crippen molar-refractivity contribution in [2.45, 2.75) is 3.79 Å². The summed E-state index contributed by atoms with van der Waals surface area (Å²) < 4.78 is 3.19. The zero-order valence-corrected chi connectivity index (χ0v) is 9.39. The van der Waals surface area contributed by atoms with Gasteiger partial charge in [-0.25, -0.2) is 4.79 Å². The van der Waals surface area contributed by atoms with Crippen LogP contribution in [0.4, 0.5) is 4.79 Å². The average molecular weight is 257 g/mol. The molecule has 0 fully saturated rings. The van der Waals surface area contributed by atoms with Crippen molar-refractivity contribution in [2.24, 2.45) is 0 Å². The summed E-state index contributed by atoms with van der Waals surface area (Å²) in [5, 5.41) is 0. The van der Waals surface area contributed by atoms with Crippen molar-refractivity contribution in [1.29, 1.82) is 0 Å². The summed E-state index contributed by atoms with van der Waals surface area (Å²) in [6.07, 6.45) is 6.44. The van der Waals surface area contributed by atoms with Gasteiger partial charge < -0.3 is 4.74 Å². The lowest BCUT2D eigenvalue weighted by Gasteiger charge is -2.19. The number of rotatable bonds is 1. The number of hydrogen-bond acceptors (Lipinski definition) is 2. The molecular weight excluding hydrogens is 248 g/mol. The second-order valence-corrected chi connectivity index (χ2v) is 5.11. The molecule has 6 heteroatoms. The molecule has 1 aliphatic heterocycles. The number of ether oxygens (including phenoxy) is 1. The molecule has 0 atom stereocenters. The third-order valence-electron chi connectivity index (χ3n) is 1.41. The molecule has 0 aliphatic carbocycles. The van der Waals surface area contributed by atoms with Gasteiger partial charge in [0.1, 0.15) is 6.61 Å². The number of halogens is 3. The third-order valence-corrected chi connectivity index (χ3v) is 1.74. The lowest BCUT2D eigenvalue weighted by molar-refractivity contribution is 0.121. The highest BCUT2D eigenvalue weighted by atomic mass is 35.6. The van der Waals surface area contributed by atoms with E-state index in [9.17, 15) is 4.79 Å². The van der Waals surface area contributed by atoms with Gasteiger partial charge >= 0.3 is 6.09 Å². The summed E-state index contributed by atoms with van der Waals surface area (Å²) in [5.41, 5.74) is 0. The van der Waals surface area contributed by atoms with Crippen LogP contribution < -0.4 is 0 Å². The molecule has 0 saturated carbocycles. The van der Waals surface area contributed by atoms with Gasteiger partial charge in [-0.3, -0.25) is 4.90 Å². The minimum Gasteiger partial charge on any atom is -0.445 e. The van der Waals surface area contributed by atoms with Crippen LogP contribution in [0.25, 0.3) is 0 Å². The largest absolute Gasteiger partial charge is 0.445 e. The Morgan fingerprint density at radius 1 is 1.43 bits per heavy atom. The van der Waals surface area contributed by atoms with Crippen LogP contribution in [0.1, 0.15) is 0 Å². The minimum atomic E-state index is -1.56. The number of carbonyl (C=O) groups excluding carboxylic acids is 1. The van der Waals surface area contributed by atoms with Gasteiger partial charge in [-0.15, -0.1) is 0 Å². The van der Waals surface area contributed by atoms with E-state index in [0.717, 1.165) is 0 Å². The van der Waals surface area contributed by atoms with E-state index in [1.54, 1.807) is 12.3 Å². The maximum atomic E-state index is 11.3. The van der Waals surface area contributed by atoms with Crippen molar-refractivity contribution in [3.05, 3.63) is 24.4 Å². The van der Waals surface area contributed by atoms with Crippen molar-refractivity contribution in [3.8, 4) is 0 Å². The van der Waals surface area contributed by atoms with Crippen LogP contribution in [0.3, 0.4) is 0 Å². The number of allylic oxidation sites excluding steroid dienone is 2. The predicted octanol–water partition coefficient (Wildman–Crippen LogP) is 2.88. The molecule has 0 radical (unpaired) electrons. The van der Waals surface area contributed by atoms with E-state index < -0.39 is 9.89 Å².